The molecule has 2 rings (SSSR count). The number of aromatic nitrogens is 3. The number of hydrogen-bond donors (Lipinski definition) is 3. The second-order valence-electron chi connectivity index (χ2n) is 4.82. The van der Waals surface area contributed by atoms with E-state index in [0.717, 1.165) is 17.8 Å². The van der Waals surface area contributed by atoms with Crippen LogP contribution >= 0.6 is 0 Å². The average molecular weight is 311 g/mol. The molecule has 0 bridgehead atoms. The molecule has 0 radical (unpaired) electrons. The Labute approximate surface area is 124 Å². The Kier molecular flexibility index (Phi) is 5.16. The van der Waals surface area contributed by atoms with Crippen LogP contribution in [0.5, 0.6) is 0 Å². The molecular weight excluding hydrogens is 290 g/mol. The van der Waals surface area contributed by atoms with Crippen LogP contribution in [-0.4, -0.2) is 36.3 Å². The van der Waals surface area contributed by atoms with Crippen molar-refractivity contribution in [3.05, 3.63) is 35.9 Å². The molecule has 2 aromatic rings. The second kappa shape index (κ2) is 6.88. The van der Waals surface area contributed by atoms with E-state index in [1.54, 1.807) is 16.9 Å². The lowest BCUT2D eigenvalue weighted by Crippen LogP contribution is -2.27. The number of aromatic amines is 1. The Balaban J connectivity index is 1.90. The van der Waals surface area contributed by atoms with Gasteiger partial charge in [0.15, 0.2) is 0 Å². The van der Waals surface area contributed by atoms with E-state index in [2.05, 4.69) is 20.1 Å². The van der Waals surface area contributed by atoms with E-state index in [1.165, 1.54) is 6.20 Å². The van der Waals surface area contributed by atoms with Gasteiger partial charge >= 0.3 is 0 Å². The zero-order valence-electron chi connectivity index (χ0n) is 12.3. The smallest absolute Gasteiger partial charge is 0.242 e. The standard InChI is InChI=1S/C13H21N5O2S/c1-3-14-8-12-6-13(9-15-12)21(19,20)17-4-5-18-10-11(2)7-16-18/h6-7,9-10,14-15,17H,3-5,8H2,1-2H3. The molecule has 0 saturated carbocycles. The third-order valence-electron chi connectivity index (χ3n) is 2.99. The first-order valence-corrected chi connectivity index (χ1v) is 8.36. The minimum Gasteiger partial charge on any atom is -0.363 e. The van der Waals surface area contributed by atoms with E-state index in [1.807, 2.05) is 20.0 Å². The topological polar surface area (TPSA) is 91.8 Å². The van der Waals surface area contributed by atoms with Crippen molar-refractivity contribution in [3.8, 4) is 0 Å². The molecule has 7 nitrogen and oxygen atoms in total. The fourth-order valence-corrected chi connectivity index (χ4v) is 2.94. The van der Waals surface area contributed by atoms with E-state index >= 15 is 0 Å². The maximum Gasteiger partial charge on any atom is 0.242 e. The minimum atomic E-state index is -3.48. The van der Waals surface area contributed by atoms with E-state index < -0.39 is 10.0 Å². The maximum atomic E-state index is 12.1. The molecule has 8 heteroatoms. The lowest BCUT2D eigenvalue weighted by Gasteiger charge is -2.05. The van der Waals surface area contributed by atoms with Crippen LogP contribution in [0.1, 0.15) is 18.2 Å². The molecular formula is C13H21N5O2S. The Morgan fingerprint density at radius 2 is 2.24 bits per heavy atom. The summed E-state index contributed by atoms with van der Waals surface area (Å²) in [7, 11) is -3.48. The Bertz CT molecular complexity index is 674. The van der Waals surface area contributed by atoms with Crippen LogP contribution in [0.15, 0.2) is 29.6 Å². The van der Waals surface area contributed by atoms with Gasteiger partial charge in [-0.15, -0.1) is 0 Å². The maximum absolute atomic E-state index is 12.1. The van der Waals surface area contributed by atoms with Crippen molar-refractivity contribution in [1.82, 2.24) is 24.8 Å². The van der Waals surface area contributed by atoms with E-state index in [0.29, 0.717) is 19.6 Å². The number of sulfonamides is 1. The summed E-state index contributed by atoms with van der Waals surface area (Å²) in [6, 6.07) is 1.64. The van der Waals surface area contributed by atoms with Crippen molar-refractivity contribution in [2.45, 2.75) is 31.8 Å². The summed E-state index contributed by atoms with van der Waals surface area (Å²) in [5.74, 6) is 0. The van der Waals surface area contributed by atoms with E-state index in [4.69, 9.17) is 0 Å². The van der Waals surface area contributed by atoms with Crippen LogP contribution in [0.3, 0.4) is 0 Å². The molecule has 0 atom stereocenters. The lowest BCUT2D eigenvalue weighted by molar-refractivity contribution is 0.561. The molecule has 0 unspecified atom stereocenters. The van der Waals surface area contributed by atoms with Crippen LogP contribution in [0, 0.1) is 6.92 Å². The molecule has 21 heavy (non-hydrogen) atoms. The fourth-order valence-electron chi connectivity index (χ4n) is 1.90. The highest BCUT2D eigenvalue weighted by molar-refractivity contribution is 7.89. The third-order valence-corrected chi connectivity index (χ3v) is 4.43. The number of hydrogen-bond acceptors (Lipinski definition) is 4. The van der Waals surface area contributed by atoms with Crippen molar-refractivity contribution in [2.24, 2.45) is 0 Å². The first-order chi connectivity index (χ1) is 10.0. The monoisotopic (exact) mass is 311 g/mol. The summed E-state index contributed by atoms with van der Waals surface area (Å²) in [6.45, 7) is 6.21. The molecule has 0 saturated heterocycles. The third kappa shape index (κ3) is 4.42. The fraction of sp³-hybridized carbons (Fsp3) is 0.462. The average Bonchev–Trinajstić information content (AvgIpc) is 3.06. The zero-order chi connectivity index (χ0) is 15.3. The summed E-state index contributed by atoms with van der Waals surface area (Å²) in [5, 5.41) is 7.25. The number of nitrogens with one attached hydrogen (secondary N) is 3. The van der Waals surface area contributed by atoms with E-state index in [-0.39, 0.29) is 4.90 Å². The predicted octanol–water partition coefficient (Wildman–Crippen LogP) is 0.608. The van der Waals surface area contributed by atoms with Gasteiger partial charge in [0.25, 0.3) is 0 Å². The Morgan fingerprint density at radius 1 is 1.43 bits per heavy atom. The van der Waals surface area contributed by atoms with Crippen molar-refractivity contribution >= 4 is 10.0 Å². The molecule has 0 aliphatic heterocycles. The van der Waals surface area contributed by atoms with Gasteiger partial charge in [-0.2, -0.15) is 5.10 Å². The van der Waals surface area contributed by atoms with Gasteiger partial charge in [0.1, 0.15) is 0 Å². The number of H-pyrrole nitrogens is 1. The number of rotatable bonds is 8. The van der Waals surface area contributed by atoms with Gasteiger partial charge in [-0.3, -0.25) is 4.68 Å². The van der Waals surface area contributed by atoms with Crippen molar-refractivity contribution in [3.63, 3.8) is 0 Å². The van der Waals surface area contributed by atoms with Crippen LogP contribution in [-0.2, 0) is 23.1 Å². The summed E-state index contributed by atoms with van der Waals surface area (Å²) >= 11 is 0. The summed E-state index contributed by atoms with van der Waals surface area (Å²) in [5.41, 5.74) is 1.90. The molecule has 0 aromatic carbocycles. The van der Waals surface area contributed by atoms with Gasteiger partial charge in [-0.25, -0.2) is 13.1 Å². The Morgan fingerprint density at radius 3 is 2.90 bits per heavy atom. The predicted molar refractivity (Wildman–Crippen MR) is 80.3 cm³/mol. The first-order valence-electron chi connectivity index (χ1n) is 6.88. The highest BCUT2D eigenvalue weighted by atomic mass is 32.2. The number of aryl methyl sites for hydroxylation is 1. The van der Waals surface area contributed by atoms with Gasteiger partial charge in [-0.1, -0.05) is 6.92 Å². The van der Waals surface area contributed by atoms with Crippen LogP contribution in [0.2, 0.25) is 0 Å². The van der Waals surface area contributed by atoms with Gasteiger partial charge in [0.2, 0.25) is 10.0 Å². The largest absolute Gasteiger partial charge is 0.363 e. The molecule has 2 heterocycles. The molecule has 3 N–H and O–H groups in total. The second-order valence-corrected chi connectivity index (χ2v) is 6.59. The van der Waals surface area contributed by atoms with Gasteiger partial charge < -0.3 is 10.3 Å². The molecule has 0 aliphatic carbocycles. The van der Waals surface area contributed by atoms with Crippen molar-refractivity contribution in [1.29, 1.82) is 0 Å². The Hall–Kier alpha value is -1.64. The van der Waals surface area contributed by atoms with Gasteiger partial charge in [-0.05, 0) is 25.1 Å². The molecule has 0 fully saturated rings. The molecule has 0 spiro atoms. The minimum absolute atomic E-state index is 0.257. The first kappa shape index (κ1) is 15.7. The summed E-state index contributed by atoms with van der Waals surface area (Å²) in [4.78, 5) is 3.22. The molecule has 0 amide bonds. The zero-order valence-corrected chi connectivity index (χ0v) is 13.1. The van der Waals surface area contributed by atoms with Gasteiger partial charge in [0.05, 0.1) is 17.6 Å². The summed E-state index contributed by atoms with van der Waals surface area (Å²) in [6.07, 6.45) is 5.12. The van der Waals surface area contributed by atoms with Gasteiger partial charge in [0, 0.05) is 31.2 Å². The quantitative estimate of drug-likeness (QED) is 0.666. The van der Waals surface area contributed by atoms with Crippen LogP contribution in [0.25, 0.3) is 0 Å². The highest BCUT2D eigenvalue weighted by Gasteiger charge is 2.15. The van der Waals surface area contributed by atoms with E-state index in [9.17, 15) is 8.42 Å². The van der Waals surface area contributed by atoms with Crippen LogP contribution < -0.4 is 10.0 Å². The SMILES string of the molecule is CCNCc1cc(S(=O)(=O)NCCn2cc(C)cn2)c[nH]1. The highest BCUT2D eigenvalue weighted by Crippen LogP contribution is 2.10. The lowest BCUT2D eigenvalue weighted by atomic mass is 10.4. The normalized spacial score (nSPS) is 11.9. The van der Waals surface area contributed by atoms with Crippen molar-refractivity contribution in [2.75, 3.05) is 13.1 Å². The van der Waals surface area contributed by atoms with Crippen molar-refractivity contribution < 1.29 is 8.42 Å². The summed E-state index contributed by atoms with van der Waals surface area (Å²) < 4.78 is 28.6. The molecule has 116 valence electrons. The molecule has 0 aliphatic rings. The number of nitrogens with zero attached hydrogens (tertiary/aromatic N) is 2. The van der Waals surface area contributed by atoms with Crippen LogP contribution in [0.4, 0.5) is 0 Å². The molecule has 2 aromatic heterocycles.